The molecule has 20 heavy (non-hydrogen) atoms. The summed E-state index contributed by atoms with van der Waals surface area (Å²) >= 11 is 0. The van der Waals surface area contributed by atoms with Crippen LogP contribution in [0, 0.1) is 0 Å². The van der Waals surface area contributed by atoms with Gasteiger partial charge in [-0.1, -0.05) is 0 Å². The molecular formula is C14H21N3O3. The fourth-order valence-electron chi connectivity index (χ4n) is 2.57. The van der Waals surface area contributed by atoms with Crippen LogP contribution in [0.5, 0.6) is 0 Å². The van der Waals surface area contributed by atoms with E-state index in [4.69, 9.17) is 5.11 Å². The van der Waals surface area contributed by atoms with Crippen molar-refractivity contribution in [3.05, 3.63) is 18.0 Å². The number of carboxylic acid groups (broad SMARTS) is 1. The van der Waals surface area contributed by atoms with Gasteiger partial charge >= 0.3 is 5.97 Å². The smallest absolute Gasteiger partial charge is 0.305 e. The van der Waals surface area contributed by atoms with E-state index in [1.54, 1.807) is 21.8 Å². The molecule has 1 aromatic rings. The zero-order valence-electron chi connectivity index (χ0n) is 12.0. The molecule has 1 fully saturated rings. The molecule has 1 aliphatic rings. The molecule has 0 aliphatic carbocycles. The third-order valence-corrected chi connectivity index (χ3v) is 3.65. The standard InChI is InChI=1S/C14H21N3O3/c1-10(2)17-8-6-12(15-17)14(20)16-7-4-3-5-11(16)9-13(18)19/h6,8,10-11H,3-5,7,9H2,1-2H3,(H,18,19). The van der Waals surface area contributed by atoms with Gasteiger partial charge in [0, 0.05) is 24.8 Å². The topological polar surface area (TPSA) is 75.4 Å². The maximum Gasteiger partial charge on any atom is 0.305 e. The lowest BCUT2D eigenvalue weighted by atomic mass is 9.99. The van der Waals surface area contributed by atoms with E-state index in [1.807, 2.05) is 13.8 Å². The van der Waals surface area contributed by atoms with Gasteiger partial charge in [0.05, 0.1) is 6.42 Å². The van der Waals surface area contributed by atoms with E-state index >= 15 is 0 Å². The highest BCUT2D eigenvalue weighted by molar-refractivity contribution is 5.92. The van der Waals surface area contributed by atoms with Gasteiger partial charge in [0.25, 0.3) is 5.91 Å². The first-order valence-corrected chi connectivity index (χ1v) is 7.07. The normalized spacial score (nSPS) is 19.4. The van der Waals surface area contributed by atoms with Crippen molar-refractivity contribution in [2.75, 3.05) is 6.54 Å². The minimum atomic E-state index is -0.859. The van der Waals surface area contributed by atoms with E-state index in [9.17, 15) is 9.59 Å². The van der Waals surface area contributed by atoms with Crippen molar-refractivity contribution in [3.63, 3.8) is 0 Å². The molecule has 2 rings (SSSR count). The molecule has 1 atom stereocenters. The number of aliphatic carboxylic acids is 1. The third-order valence-electron chi connectivity index (χ3n) is 3.65. The highest BCUT2D eigenvalue weighted by Gasteiger charge is 2.30. The van der Waals surface area contributed by atoms with Gasteiger partial charge in [-0.3, -0.25) is 14.3 Å². The Kier molecular flexibility index (Phi) is 4.42. The molecule has 110 valence electrons. The van der Waals surface area contributed by atoms with Gasteiger partial charge < -0.3 is 10.0 Å². The van der Waals surface area contributed by atoms with Crippen molar-refractivity contribution in [2.24, 2.45) is 0 Å². The monoisotopic (exact) mass is 279 g/mol. The molecule has 0 radical (unpaired) electrons. The average molecular weight is 279 g/mol. The predicted molar refractivity (Wildman–Crippen MR) is 73.5 cm³/mol. The summed E-state index contributed by atoms with van der Waals surface area (Å²) in [6.07, 6.45) is 4.45. The number of carboxylic acids is 1. The van der Waals surface area contributed by atoms with Gasteiger partial charge in [0.15, 0.2) is 0 Å². The van der Waals surface area contributed by atoms with E-state index in [-0.39, 0.29) is 24.4 Å². The molecule has 0 spiro atoms. The predicted octanol–water partition coefficient (Wildman–Crippen LogP) is 1.93. The molecule has 0 bridgehead atoms. The number of hydrogen-bond acceptors (Lipinski definition) is 3. The molecule has 1 saturated heterocycles. The summed E-state index contributed by atoms with van der Waals surface area (Å²) in [6, 6.07) is 1.69. The van der Waals surface area contributed by atoms with Crippen molar-refractivity contribution < 1.29 is 14.7 Å². The largest absolute Gasteiger partial charge is 0.481 e. The van der Waals surface area contributed by atoms with Crippen molar-refractivity contribution in [1.82, 2.24) is 14.7 Å². The van der Waals surface area contributed by atoms with Gasteiger partial charge in [0.2, 0.25) is 0 Å². The second-order valence-corrected chi connectivity index (χ2v) is 5.52. The van der Waals surface area contributed by atoms with Crippen LogP contribution in [-0.2, 0) is 4.79 Å². The Labute approximate surface area is 118 Å². The molecule has 1 unspecified atom stereocenters. The lowest BCUT2D eigenvalue weighted by Crippen LogP contribution is -2.45. The zero-order chi connectivity index (χ0) is 14.7. The lowest BCUT2D eigenvalue weighted by molar-refractivity contribution is -0.138. The van der Waals surface area contributed by atoms with Gasteiger partial charge in [0.1, 0.15) is 5.69 Å². The summed E-state index contributed by atoms with van der Waals surface area (Å²) < 4.78 is 1.74. The fraction of sp³-hybridized carbons (Fsp3) is 0.643. The first kappa shape index (κ1) is 14.6. The van der Waals surface area contributed by atoms with Crippen LogP contribution in [0.2, 0.25) is 0 Å². The first-order chi connectivity index (χ1) is 9.49. The minimum Gasteiger partial charge on any atom is -0.481 e. The highest BCUT2D eigenvalue weighted by Crippen LogP contribution is 2.21. The van der Waals surface area contributed by atoms with Crippen molar-refractivity contribution >= 4 is 11.9 Å². The zero-order valence-corrected chi connectivity index (χ0v) is 12.0. The maximum atomic E-state index is 12.5. The second-order valence-electron chi connectivity index (χ2n) is 5.52. The molecule has 1 aromatic heterocycles. The van der Waals surface area contributed by atoms with Gasteiger partial charge in [-0.15, -0.1) is 0 Å². The van der Waals surface area contributed by atoms with Crippen molar-refractivity contribution in [3.8, 4) is 0 Å². The maximum absolute atomic E-state index is 12.5. The van der Waals surface area contributed by atoms with E-state index < -0.39 is 5.97 Å². The molecule has 0 saturated carbocycles. The van der Waals surface area contributed by atoms with E-state index in [0.29, 0.717) is 12.2 Å². The molecule has 1 amide bonds. The van der Waals surface area contributed by atoms with Crippen LogP contribution in [0.4, 0.5) is 0 Å². The van der Waals surface area contributed by atoms with Gasteiger partial charge in [-0.05, 0) is 39.2 Å². The summed E-state index contributed by atoms with van der Waals surface area (Å²) in [5, 5.41) is 13.2. The third kappa shape index (κ3) is 3.18. The van der Waals surface area contributed by atoms with Crippen molar-refractivity contribution in [1.29, 1.82) is 0 Å². The van der Waals surface area contributed by atoms with Crippen LogP contribution in [0.15, 0.2) is 12.3 Å². The molecule has 0 aromatic carbocycles. The molecule has 1 aliphatic heterocycles. The Balaban J connectivity index is 2.13. The van der Waals surface area contributed by atoms with Crippen LogP contribution in [0.25, 0.3) is 0 Å². The van der Waals surface area contributed by atoms with Crippen LogP contribution >= 0.6 is 0 Å². The van der Waals surface area contributed by atoms with E-state index in [2.05, 4.69) is 5.10 Å². The number of amides is 1. The molecule has 6 heteroatoms. The van der Waals surface area contributed by atoms with Gasteiger partial charge in [-0.25, -0.2) is 0 Å². The Morgan fingerprint density at radius 2 is 2.20 bits per heavy atom. The second kappa shape index (κ2) is 6.07. The SMILES string of the molecule is CC(C)n1ccc(C(=O)N2CCCCC2CC(=O)O)n1. The quantitative estimate of drug-likeness (QED) is 0.913. The summed E-state index contributed by atoms with van der Waals surface area (Å²) in [4.78, 5) is 25.1. The number of hydrogen-bond donors (Lipinski definition) is 1. The number of aromatic nitrogens is 2. The van der Waals surface area contributed by atoms with Crippen LogP contribution in [0.3, 0.4) is 0 Å². The summed E-state index contributed by atoms with van der Waals surface area (Å²) in [5.74, 6) is -1.02. The Morgan fingerprint density at radius 3 is 2.80 bits per heavy atom. The number of rotatable bonds is 4. The number of piperidine rings is 1. The summed E-state index contributed by atoms with van der Waals surface area (Å²) in [7, 11) is 0. The Hall–Kier alpha value is -1.85. The van der Waals surface area contributed by atoms with Crippen LogP contribution < -0.4 is 0 Å². The highest BCUT2D eigenvalue weighted by atomic mass is 16.4. The summed E-state index contributed by atoms with van der Waals surface area (Å²) in [5.41, 5.74) is 0.399. The number of carbonyl (C=O) groups is 2. The number of likely N-dealkylation sites (tertiary alicyclic amines) is 1. The van der Waals surface area contributed by atoms with Crippen molar-refractivity contribution in [2.45, 2.75) is 51.6 Å². The van der Waals surface area contributed by atoms with Crippen LogP contribution in [0.1, 0.15) is 56.1 Å². The average Bonchev–Trinajstić information content (AvgIpc) is 2.87. The molecule has 2 heterocycles. The first-order valence-electron chi connectivity index (χ1n) is 7.07. The lowest BCUT2D eigenvalue weighted by Gasteiger charge is -2.34. The van der Waals surface area contributed by atoms with E-state index in [0.717, 1.165) is 19.3 Å². The molecule has 1 N–H and O–H groups in total. The Bertz CT molecular complexity index is 496. The fourth-order valence-corrected chi connectivity index (χ4v) is 2.57. The number of nitrogens with zero attached hydrogens (tertiary/aromatic N) is 3. The van der Waals surface area contributed by atoms with E-state index in [1.165, 1.54) is 0 Å². The minimum absolute atomic E-state index is 0.0105. The Morgan fingerprint density at radius 1 is 1.45 bits per heavy atom. The summed E-state index contributed by atoms with van der Waals surface area (Å²) in [6.45, 7) is 4.61. The van der Waals surface area contributed by atoms with Gasteiger partial charge in [-0.2, -0.15) is 5.10 Å². The molecular weight excluding hydrogens is 258 g/mol. The van der Waals surface area contributed by atoms with Crippen LogP contribution in [-0.4, -0.2) is 44.3 Å². The molecule has 6 nitrogen and oxygen atoms in total. The number of carbonyl (C=O) groups excluding carboxylic acids is 1.